The van der Waals surface area contributed by atoms with Gasteiger partial charge in [-0.15, -0.1) is 6.07 Å². The Morgan fingerprint density at radius 2 is 1.69 bits per heavy atom. The van der Waals surface area contributed by atoms with Crippen LogP contribution in [0.5, 0.6) is 0 Å². The van der Waals surface area contributed by atoms with Crippen molar-refractivity contribution < 1.29 is 41.4 Å². The molecule has 13 heavy (non-hydrogen) atoms. The summed E-state index contributed by atoms with van der Waals surface area (Å²) in [4.78, 5) is 0. The van der Waals surface area contributed by atoms with Crippen LogP contribution < -0.4 is 0 Å². The van der Waals surface area contributed by atoms with E-state index in [2.05, 4.69) is 0 Å². The van der Waals surface area contributed by atoms with Crippen molar-refractivity contribution in [1.82, 2.24) is 0 Å². The molecule has 0 N–H and O–H groups in total. The minimum Gasteiger partial charge on any atom is -0.236 e. The number of alkyl halides is 3. The zero-order valence-corrected chi connectivity index (χ0v) is 9.22. The summed E-state index contributed by atoms with van der Waals surface area (Å²) in [7, 11) is 0. The first-order valence-corrected chi connectivity index (χ1v) is 2.85. The molecule has 0 amide bonds. The molecule has 0 saturated carbocycles. The third kappa shape index (κ3) is 3.03. The first-order valence-electron chi connectivity index (χ1n) is 2.85. The van der Waals surface area contributed by atoms with Crippen LogP contribution in [-0.2, 0) is 25.7 Å². The van der Waals surface area contributed by atoms with Crippen molar-refractivity contribution >= 4 is 0 Å². The summed E-state index contributed by atoms with van der Waals surface area (Å²) in [6.45, 7) is 0. The van der Waals surface area contributed by atoms with Crippen LogP contribution in [0.4, 0.5) is 22.0 Å². The molecule has 0 radical (unpaired) electrons. The molecule has 0 aromatic heterocycles. The van der Waals surface area contributed by atoms with Crippen LogP contribution in [0.1, 0.15) is 5.56 Å². The average Bonchev–Trinajstić information content (AvgIpc) is 1.83. The van der Waals surface area contributed by atoms with Crippen molar-refractivity contribution in [3.63, 3.8) is 0 Å². The van der Waals surface area contributed by atoms with Crippen molar-refractivity contribution in [1.29, 1.82) is 0 Å². The van der Waals surface area contributed by atoms with Crippen LogP contribution in [0.2, 0.25) is 0 Å². The quantitative estimate of drug-likeness (QED) is 0.375. The van der Waals surface area contributed by atoms with E-state index >= 15 is 0 Å². The molecule has 0 unspecified atom stereocenters. The molecule has 0 spiro atoms. The van der Waals surface area contributed by atoms with Gasteiger partial charge >= 0.3 is 6.18 Å². The summed E-state index contributed by atoms with van der Waals surface area (Å²) in [6, 6.07) is 2.00. The Hall–Kier alpha value is -0.507. The van der Waals surface area contributed by atoms with E-state index in [1.165, 1.54) is 0 Å². The van der Waals surface area contributed by atoms with Crippen LogP contribution in [0.25, 0.3) is 0 Å². The summed E-state index contributed by atoms with van der Waals surface area (Å²) >= 11 is 0. The predicted molar refractivity (Wildman–Crippen MR) is 30.2 cm³/mol. The van der Waals surface area contributed by atoms with Gasteiger partial charge in [-0.3, -0.25) is 0 Å². The zero-order chi connectivity index (χ0) is 9.35. The van der Waals surface area contributed by atoms with Crippen molar-refractivity contribution in [3.8, 4) is 0 Å². The van der Waals surface area contributed by atoms with Crippen LogP contribution in [-0.4, -0.2) is 0 Å². The molecule has 0 aliphatic heterocycles. The molecule has 0 bridgehead atoms. The van der Waals surface area contributed by atoms with E-state index in [0.717, 1.165) is 0 Å². The van der Waals surface area contributed by atoms with Crippen LogP contribution >= 0.6 is 0 Å². The third-order valence-electron chi connectivity index (χ3n) is 1.17. The standard InChI is InChI=1S/C7H2F5.Zn/c8-4-1-2-5(6(9)3-4)7(10,11)12;/h2-3H;/q-1;. The molecule has 1 aromatic rings. The second-order valence-corrected chi connectivity index (χ2v) is 2.04. The fourth-order valence-electron chi connectivity index (χ4n) is 0.658. The summed E-state index contributed by atoms with van der Waals surface area (Å²) in [5.74, 6) is -2.78. The van der Waals surface area contributed by atoms with E-state index in [9.17, 15) is 22.0 Å². The Bertz CT molecular complexity index is 293. The van der Waals surface area contributed by atoms with Gasteiger partial charge in [-0.1, -0.05) is 6.07 Å². The Labute approximate surface area is 83.5 Å². The van der Waals surface area contributed by atoms with Gasteiger partial charge in [0, 0.05) is 31.1 Å². The Morgan fingerprint density at radius 3 is 2.08 bits per heavy atom. The van der Waals surface area contributed by atoms with E-state index < -0.39 is 23.4 Å². The van der Waals surface area contributed by atoms with Gasteiger partial charge in [0.1, 0.15) is 0 Å². The second kappa shape index (κ2) is 4.14. The molecule has 6 heteroatoms. The first-order chi connectivity index (χ1) is 5.41. The number of benzene rings is 1. The molecule has 0 saturated heterocycles. The summed E-state index contributed by atoms with van der Waals surface area (Å²) in [5.41, 5.74) is -1.51. The van der Waals surface area contributed by atoms with Crippen LogP contribution in [0.3, 0.4) is 0 Å². The Morgan fingerprint density at radius 1 is 1.15 bits per heavy atom. The number of halogens is 5. The third-order valence-corrected chi connectivity index (χ3v) is 1.17. The zero-order valence-electron chi connectivity index (χ0n) is 6.25. The minimum atomic E-state index is -4.80. The summed E-state index contributed by atoms with van der Waals surface area (Å²) < 4.78 is 59.8. The molecule has 68 valence electrons. The molecular formula is C7H2F5Zn-. The van der Waals surface area contributed by atoms with E-state index in [1.807, 2.05) is 0 Å². The molecule has 0 fully saturated rings. The molecule has 0 atom stereocenters. The normalized spacial score (nSPS) is 10.8. The van der Waals surface area contributed by atoms with Gasteiger partial charge in [0.2, 0.25) is 0 Å². The van der Waals surface area contributed by atoms with Gasteiger partial charge in [0.05, 0.1) is 0 Å². The first kappa shape index (κ1) is 12.5. The Kier molecular flexibility index (Phi) is 3.97. The van der Waals surface area contributed by atoms with Crippen molar-refractivity contribution in [2.75, 3.05) is 0 Å². The van der Waals surface area contributed by atoms with Gasteiger partial charge < -0.3 is 0 Å². The molecule has 0 aliphatic carbocycles. The number of rotatable bonds is 0. The molecular weight excluding hydrogens is 244 g/mol. The number of hydrogen-bond acceptors (Lipinski definition) is 0. The van der Waals surface area contributed by atoms with Crippen molar-refractivity contribution in [3.05, 3.63) is 35.4 Å². The molecule has 1 aromatic carbocycles. The summed E-state index contributed by atoms with van der Waals surface area (Å²) in [6.07, 6.45) is -4.80. The minimum absolute atomic E-state index is 0. The molecule has 0 heterocycles. The predicted octanol–water partition coefficient (Wildman–Crippen LogP) is 2.78. The van der Waals surface area contributed by atoms with Gasteiger partial charge in [-0.2, -0.15) is 19.2 Å². The topological polar surface area (TPSA) is 0 Å². The smallest absolute Gasteiger partial charge is 0.236 e. The van der Waals surface area contributed by atoms with E-state index in [0.29, 0.717) is 0 Å². The Balaban J connectivity index is 0.00000144. The summed E-state index contributed by atoms with van der Waals surface area (Å²) in [5, 5.41) is 0. The average molecular weight is 246 g/mol. The maximum atomic E-state index is 12.4. The van der Waals surface area contributed by atoms with Gasteiger partial charge in [0.25, 0.3) is 0 Å². The van der Waals surface area contributed by atoms with Gasteiger partial charge in [-0.25, -0.2) is 8.78 Å². The number of hydrogen-bond donors (Lipinski definition) is 0. The van der Waals surface area contributed by atoms with Crippen molar-refractivity contribution in [2.24, 2.45) is 0 Å². The molecule has 0 nitrogen and oxygen atoms in total. The SMILES string of the molecule is Fc1[c-]cc(C(F)(F)F)c(F)c1.[Zn]. The van der Waals surface area contributed by atoms with Gasteiger partial charge in [0.15, 0.2) is 0 Å². The van der Waals surface area contributed by atoms with E-state index in [-0.39, 0.29) is 31.6 Å². The molecule has 1 rings (SSSR count). The van der Waals surface area contributed by atoms with Crippen LogP contribution in [0.15, 0.2) is 12.1 Å². The van der Waals surface area contributed by atoms with Crippen molar-refractivity contribution in [2.45, 2.75) is 6.18 Å². The van der Waals surface area contributed by atoms with Crippen LogP contribution in [0, 0.1) is 17.7 Å². The fourth-order valence-corrected chi connectivity index (χ4v) is 0.658. The van der Waals surface area contributed by atoms with E-state index in [1.54, 1.807) is 6.07 Å². The second-order valence-electron chi connectivity index (χ2n) is 2.04. The maximum absolute atomic E-state index is 12.4. The monoisotopic (exact) mass is 245 g/mol. The molecule has 0 aliphatic rings. The fraction of sp³-hybridized carbons (Fsp3) is 0.143. The van der Waals surface area contributed by atoms with Gasteiger partial charge in [-0.05, 0) is 5.56 Å². The maximum Gasteiger partial charge on any atom is 0.372 e. The van der Waals surface area contributed by atoms with E-state index in [4.69, 9.17) is 0 Å². The largest absolute Gasteiger partial charge is 0.372 e.